The Morgan fingerprint density at radius 3 is 1.95 bits per heavy atom. The van der Waals surface area contributed by atoms with E-state index >= 15 is 0 Å². The number of nitrogens with zero attached hydrogens (tertiary/aromatic N) is 2. The highest BCUT2D eigenvalue weighted by Gasteiger charge is 2.33. The molecule has 0 amide bonds. The minimum atomic E-state index is 0.106. The van der Waals surface area contributed by atoms with E-state index in [0.29, 0.717) is 0 Å². The first kappa shape index (κ1) is 12.9. The van der Waals surface area contributed by atoms with Gasteiger partial charge < -0.3 is 10.1 Å². The van der Waals surface area contributed by atoms with E-state index in [0.717, 1.165) is 28.8 Å². The Kier molecular flexibility index (Phi) is 2.72. The van der Waals surface area contributed by atoms with Crippen LogP contribution in [0.15, 0.2) is 24.3 Å². The third-order valence-corrected chi connectivity index (χ3v) is 4.25. The van der Waals surface area contributed by atoms with Gasteiger partial charge in [-0.3, -0.25) is 10.2 Å². The van der Waals surface area contributed by atoms with Gasteiger partial charge in [0.25, 0.3) is 0 Å². The maximum Gasteiger partial charge on any atom is 0.157 e. The molecule has 3 heterocycles. The van der Waals surface area contributed by atoms with Crippen molar-refractivity contribution in [2.24, 2.45) is 0 Å². The number of H-pyrrole nitrogens is 2. The number of nitrogens with one attached hydrogen (secondary N) is 3. The number of rotatable bonds is 2. The number of aromatic nitrogens is 4. The van der Waals surface area contributed by atoms with E-state index in [4.69, 9.17) is 4.74 Å². The largest absolute Gasteiger partial charge is 0.497 e. The van der Waals surface area contributed by atoms with Gasteiger partial charge in [0.15, 0.2) is 11.6 Å². The summed E-state index contributed by atoms with van der Waals surface area (Å²) in [7, 11) is 1.68. The molecule has 0 saturated carbocycles. The lowest BCUT2D eigenvalue weighted by atomic mass is 9.83. The van der Waals surface area contributed by atoms with Gasteiger partial charge >= 0.3 is 0 Å². The Morgan fingerprint density at radius 2 is 1.45 bits per heavy atom. The van der Waals surface area contributed by atoms with Gasteiger partial charge in [-0.05, 0) is 31.5 Å². The number of benzene rings is 1. The van der Waals surface area contributed by atoms with Crippen LogP contribution in [0.2, 0.25) is 0 Å². The number of fused-ring (bicyclic) bond motifs is 2. The van der Waals surface area contributed by atoms with Gasteiger partial charge in [0.05, 0.1) is 7.11 Å². The summed E-state index contributed by atoms with van der Waals surface area (Å²) in [6.45, 7) is 4.09. The standard InChI is InChI=1S/C16H17N5O/c1-8-12-14(10-4-6-11(22-3)7-5-10)13-9(2)19-21-16(13)17-15(12)20-18-8/h4-7,14H,1-3H3,(H3,17,18,19,20,21). The van der Waals surface area contributed by atoms with Crippen LogP contribution in [0.1, 0.15) is 34.0 Å². The zero-order chi connectivity index (χ0) is 15.3. The summed E-state index contributed by atoms with van der Waals surface area (Å²) in [6.07, 6.45) is 0. The topological polar surface area (TPSA) is 78.6 Å². The third-order valence-electron chi connectivity index (χ3n) is 4.25. The van der Waals surface area contributed by atoms with Crippen molar-refractivity contribution in [1.82, 2.24) is 20.4 Å². The summed E-state index contributed by atoms with van der Waals surface area (Å²) in [5.74, 6) is 2.65. The molecular weight excluding hydrogens is 278 g/mol. The zero-order valence-electron chi connectivity index (χ0n) is 12.7. The van der Waals surface area contributed by atoms with Gasteiger partial charge in [-0.2, -0.15) is 10.2 Å². The maximum absolute atomic E-state index is 5.26. The molecule has 0 spiro atoms. The second-order valence-corrected chi connectivity index (χ2v) is 5.55. The Labute approximate surface area is 127 Å². The van der Waals surface area contributed by atoms with E-state index in [-0.39, 0.29) is 5.92 Å². The van der Waals surface area contributed by atoms with Gasteiger partial charge in [0, 0.05) is 28.4 Å². The summed E-state index contributed by atoms with van der Waals surface area (Å²) in [5.41, 5.74) is 5.66. The first-order valence-corrected chi connectivity index (χ1v) is 7.19. The lowest BCUT2D eigenvalue weighted by molar-refractivity contribution is 0.414. The first-order valence-electron chi connectivity index (χ1n) is 7.19. The number of ether oxygens (including phenoxy) is 1. The normalized spacial score (nSPS) is 13.4. The van der Waals surface area contributed by atoms with Crippen molar-refractivity contribution < 1.29 is 4.74 Å². The second kappa shape index (κ2) is 4.62. The van der Waals surface area contributed by atoms with Gasteiger partial charge in [0.2, 0.25) is 0 Å². The average molecular weight is 295 g/mol. The molecule has 0 unspecified atom stereocenters. The van der Waals surface area contributed by atoms with Crippen LogP contribution in [0.25, 0.3) is 0 Å². The van der Waals surface area contributed by atoms with Crippen LogP contribution in [0.4, 0.5) is 11.6 Å². The van der Waals surface area contributed by atoms with Crippen LogP contribution in [0.3, 0.4) is 0 Å². The summed E-state index contributed by atoms with van der Waals surface area (Å²) in [5, 5.41) is 18.2. The molecule has 4 rings (SSSR count). The Morgan fingerprint density at radius 1 is 0.909 bits per heavy atom. The number of aryl methyl sites for hydroxylation is 2. The quantitative estimate of drug-likeness (QED) is 0.531. The Balaban J connectivity index is 1.93. The first-order chi connectivity index (χ1) is 10.7. The van der Waals surface area contributed by atoms with E-state index in [1.807, 2.05) is 26.0 Å². The van der Waals surface area contributed by atoms with Crippen molar-refractivity contribution >= 4 is 11.6 Å². The fraction of sp³-hybridized carbons (Fsp3) is 0.250. The molecule has 6 nitrogen and oxygen atoms in total. The monoisotopic (exact) mass is 295 g/mol. The highest BCUT2D eigenvalue weighted by molar-refractivity contribution is 5.72. The Bertz CT molecular complexity index is 785. The summed E-state index contributed by atoms with van der Waals surface area (Å²) < 4.78 is 5.26. The van der Waals surface area contributed by atoms with Crippen LogP contribution in [-0.4, -0.2) is 27.5 Å². The van der Waals surface area contributed by atoms with Crippen LogP contribution in [0, 0.1) is 13.8 Å². The van der Waals surface area contributed by atoms with Gasteiger partial charge in [-0.15, -0.1) is 0 Å². The fourth-order valence-electron chi connectivity index (χ4n) is 3.16. The minimum Gasteiger partial charge on any atom is -0.497 e. The molecule has 1 aliphatic rings. The van der Waals surface area contributed by atoms with Crippen LogP contribution >= 0.6 is 0 Å². The summed E-state index contributed by atoms with van der Waals surface area (Å²) >= 11 is 0. The van der Waals surface area contributed by atoms with E-state index in [9.17, 15) is 0 Å². The van der Waals surface area contributed by atoms with Gasteiger partial charge in [0.1, 0.15) is 5.75 Å². The molecule has 0 fully saturated rings. The predicted molar refractivity (Wildman–Crippen MR) is 83.9 cm³/mol. The van der Waals surface area contributed by atoms with E-state index in [1.165, 1.54) is 16.7 Å². The third kappa shape index (κ3) is 1.73. The van der Waals surface area contributed by atoms with Crippen LogP contribution in [-0.2, 0) is 0 Å². The molecule has 6 heteroatoms. The Hall–Kier alpha value is -2.76. The molecular formula is C16H17N5O. The highest BCUT2D eigenvalue weighted by Crippen LogP contribution is 2.45. The predicted octanol–water partition coefficient (Wildman–Crippen LogP) is 3.00. The summed E-state index contributed by atoms with van der Waals surface area (Å²) in [4.78, 5) is 0. The minimum absolute atomic E-state index is 0.106. The summed E-state index contributed by atoms with van der Waals surface area (Å²) in [6, 6.07) is 8.17. The van der Waals surface area contributed by atoms with Gasteiger partial charge in [-0.1, -0.05) is 12.1 Å². The smallest absolute Gasteiger partial charge is 0.157 e. The van der Waals surface area contributed by atoms with Crippen molar-refractivity contribution in [3.05, 3.63) is 52.3 Å². The van der Waals surface area contributed by atoms with Crippen molar-refractivity contribution in [3.8, 4) is 5.75 Å². The molecule has 3 aromatic rings. The molecule has 2 aromatic heterocycles. The molecule has 3 N–H and O–H groups in total. The highest BCUT2D eigenvalue weighted by atomic mass is 16.5. The number of hydrogen-bond donors (Lipinski definition) is 3. The van der Waals surface area contributed by atoms with E-state index in [1.54, 1.807) is 7.11 Å². The lowest BCUT2D eigenvalue weighted by Crippen LogP contribution is -2.14. The molecule has 0 bridgehead atoms. The average Bonchev–Trinajstić information content (AvgIpc) is 3.10. The van der Waals surface area contributed by atoms with Gasteiger partial charge in [-0.25, -0.2) is 0 Å². The molecule has 0 radical (unpaired) electrons. The van der Waals surface area contributed by atoms with E-state index < -0.39 is 0 Å². The molecule has 0 saturated heterocycles. The molecule has 112 valence electrons. The molecule has 22 heavy (non-hydrogen) atoms. The zero-order valence-corrected chi connectivity index (χ0v) is 12.7. The molecule has 0 atom stereocenters. The van der Waals surface area contributed by atoms with Crippen molar-refractivity contribution in [2.75, 3.05) is 12.4 Å². The molecule has 1 aliphatic heterocycles. The number of aromatic amines is 2. The number of methoxy groups -OCH3 is 1. The maximum atomic E-state index is 5.26. The van der Waals surface area contributed by atoms with E-state index in [2.05, 4.69) is 37.8 Å². The van der Waals surface area contributed by atoms with Crippen molar-refractivity contribution in [3.63, 3.8) is 0 Å². The number of hydrogen-bond acceptors (Lipinski definition) is 4. The molecule has 0 aliphatic carbocycles. The SMILES string of the molecule is COc1ccc(C2c3c(n[nH]c3C)Nc3n[nH]c(C)c32)cc1. The number of anilines is 2. The van der Waals surface area contributed by atoms with Crippen molar-refractivity contribution in [2.45, 2.75) is 19.8 Å². The van der Waals surface area contributed by atoms with Crippen LogP contribution in [0.5, 0.6) is 5.75 Å². The van der Waals surface area contributed by atoms with Crippen LogP contribution < -0.4 is 10.1 Å². The van der Waals surface area contributed by atoms with Crippen molar-refractivity contribution in [1.29, 1.82) is 0 Å². The second-order valence-electron chi connectivity index (χ2n) is 5.55. The lowest BCUT2D eigenvalue weighted by Gasteiger charge is -2.24. The fourth-order valence-corrected chi connectivity index (χ4v) is 3.16. The molecule has 1 aromatic carbocycles.